The summed E-state index contributed by atoms with van der Waals surface area (Å²) in [4.78, 5) is 5.32. The van der Waals surface area contributed by atoms with Crippen molar-refractivity contribution < 1.29 is 8.42 Å². The third-order valence-electron chi connectivity index (χ3n) is 3.08. The van der Waals surface area contributed by atoms with Crippen LogP contribution >= 0.6 is 11.3 Å². The Kier molecular flexibility index (Phi) is 4.37. The maximum atomic E-state index is 12.2. The van der Waals surface area contributed by atoms with Crippen molar-refractivity contribution in [1.82, 2.24) is 15.0 Å². The summed E-state index contributed by atoms with van der Waals surface area (Å²) < 4.78 is 27.2. The van der Waals surface area contributed by atoms with Crippen LogP contribution in [0.4, 0.5) is 0 Å². The number of hydrogen-bond acceptors (Lipinski definition) is 5. The van der Waals surface area contributed by atoms with Crippen LogP contribution in [-0.4, -0.2) is 31.7 Å². The van der Waals surface area contributed by atoms with E-state index < -0.39 is 10.0 Å². The molecule has 0 saturated carbocycles. The maximum Gasteiger partial charge on any atom is 0.215 e. The summed E-state index contributed by atoms with van der Waals surface area (Å²) in [5, 5.41) is 3.72. The summed E-state index contributed by atoms with van der Waals surface area (Å²) in [7, 11) is -3.24. The Morgan fingerprint density at radius 3 is 2.72 bits per heavy atom. The first-order valence-electron chi connectivity index (χ1n) is 6.13. The van der Waals surface area contributed by atoms with Crippen LogP contribution < -0.4 is 10.0 Å². The van der Waals surface area contributed by atoms with Gasteiger partial charge in [-0.25, -0.2) is 18.1 Å². The first-order chi connectivity index (χ1) is 8.49. The number of sulfonamides is 1. The van der Waals surface area contributed by atoms with Crippen LogP contribution in [-0.2, 0) is 10.0 Å². The minimum absolute atomic E-state index is 0.247. The van der Waals surface area contributed by atoms with E-state index in [9.17, 15) is 8.42 Å². The van der Waals surface area contributed by atoms with Crippen LogP contribution in [0.3, 0.4) is 0 Å². The highest BCUT2D eigenvalue weighted by Crippen LogP contribution is 2.21. The van der Waals surface area contributed by atoms with Crippen LogP contribution in [0.25, 0.3) is 0 Å². The van der Waals surface area contributed by atoms with Crippen molar-refractivity contribution in [3.8, 4) is 0 Å². The zero-order valence-corrected chi connectivity index (χ0v) is 12.3. The molecule has 1 atom stereocenters. The zero-order chi connectivity index (χ0) is 13.2. The average molecular weight is 289 g/mol. The zero-order valence-electron chi connectivity index (χ0n) is 10.6. The van der Waals surface area contributed by atoms with E-state index in [4.69, 9.17) is 0 Å². The van der Waals surface area contributed by atoms with Crippen molar-refractivity contribution in [2.75, 3.05) is 13.1 Å². The van der Waals surface area contributed by atoms with Gasteiger partial charge in [0.1, 0.15) is 5.01 Å². The van der Waals surface area contributed by atoms with Crippen molar-refractivity contribution in [1.29, 1.82) is 0 Å². The number of thiazole rings is 1. The van der Waals surface area contributed by atoms with Crippen LogP contribution in [0, 0.1) is 6.92 Å². The standard InChI is InChI=1S/C11H19N3O2S2/c1-8-7-13-11(17-8)9(2)14-18(15,16)10-3-5-12-6-4-10/h7,9-10,12,14H,3-6H2,1-2H3. The van der Waals surface area contributed by atoms with Crippen LogP contribution in [0.1, 0.15) is 35.7 Å². The summed E-state index contributed by atoms with van der Waals surface area (Å²) in [6.07, 6.45) is 3.13. The molecule has 1 fully saturated rings. The summed E-state index contributed by atoms with van der Waals surface area (Å²) >= 11 is 1.53. The Balaban J connectivity index is 2.03. The van der Waals surface area contributed by atoms with Gasteiger partial charge in [-0.05, 0) is 39.8 Å². The molecular formula is C11H19N3O2S2. The van der Waals surface area contributed by atoms with E-state index in [1.54, 1.807) is 6.20 Å². The fourth-order valence-electron chi connectivity index (χ4n) is 2.07. The average Bonchev–Trinajstić information content (AvgIpc) is 2.77. The van der Waals surface area contributed by atoms with E-state index in [0.717, 1.165) is 23.0 Å². The molecule has 102 valence electrons. The van der Waals surface area contributed by atoms with E-state index in [1.807, 2.05) is 13.8 Å². The van der Waals surface area contributed by atoms with Gasteiger partial charge in [-0.3, -0.25) is 0 Å². The van der Waals surface area contributed by atoms with E-state index >= 15 is 0 Å². The third kappa shape index (κ3) is 3.28. The summed E-state index contributed by atoms with van der Waals surface area (Å²) in [6, 6.07) is -0.247. The second-order valence-electron chi connectivity index (χ2n) is 4.64. The molecule has 1 aromatic heterocycles. The fraction of sp³-hybridized carbons (Fsp3) is 0.727. The Labute approximate surface area is 112 Å². The number of nitrogens with one attached hydrogen (secondary N) is 2. The maximum absolute atomic E-state index is 12.2. The summed E-state index contributed by atoms with van der Waals surface area (Å²) in [6.45, 7) is 5.36. The van der Waals surface area contributed by atoms with E-state index in [2.05, 4.69) is 15.0 Å². The molecule has 2 N–H and O–H groups in total. The van der Waals surface area contributed by atoms with E-state index in [0.29, 0.717) is 12.8 Å². The third-order valence-corrected chi connectivity index (χ3v) is 6.20. The Morgan fingerprint density at radius 2 is 2.17 bits per heavy atom. The van der Waals surface area contributed by atoms with Gasteiger partial charge in [-0.1, -0.05) is 0 Å². The predicted octanol–water partition coefficient (Wildman–Crippen LogP) is 1.18. The normalized spacial score (nSPS) is 19.9. The Morgan fingerprint density at radius 1 is 1.50 bits per heavy atom. The van der Waals surface area contributed by atoms with Crippen molar-refractivity contribution >= 4 is 21.4 Å². The molecule has 0 radical (unpaired) electrons. The second-order valence-corrected chi connectivity index (χ2v) is 7.90. The van der Waals surface area contributed by atoms with Gasteiger partial charge in [0.25, 0.3) is 0 Å². The molecule has 2 rings (SSSR count). The molecule has 18 heavy (non-hydrogen) atoms. The quantitative estimate of drug-likeness (QED) is 0.873. The molecule has 7 heteroatoms. The van der Waals surface area contributed by atoms with Crippen LogP contribution in [0.15, 0.2) is 6.20 Å². The molecular weight excluding hydrogens is 270 g/mol. The SMILES string of the molecule is Cc1cnc(C(C)NS(=O)(=O)C2CCNCC2)s1. The van der Waals surface area contributed by atoms with Gasteiger partial charge in [0, 0.05) is 11.1 Å². The first-order valence-corrected chi connectivity index (χ1v) is 8.49. The topological polar surface area (TPSA) is 71.1 Å². The molecule has 1 saturated heterocycles. The molecule has 0 spiro atoms. The van der Waals surface area contributed by atoms with Gasteiger partial charge < -0.3 is 5.32 Å². The van der Waals surface area contributed by atoms with Gasteiger partial charge in [-0.15, -0.1) is 11.3 Å². The molecule has 1 aromatic rings. The molecule has 0 amide bonds. The molecule has 1 aliphatic rings. The highest BCUT2D eigenvalue weighted by molar-refractivity contribution is 7.90. The number of rotatable bonds is 4. The Hall–Kier alpha value is -0.500. The highest BCUT2D eigenvalue weighted by Gasteiger charge is 2.29. The molecule has 0 aromatic carbocycles. The molecule has 2 heterocycles. The van der Waals surface area contributed by atoms with Crippen LogP contribution in [0.2, 0.25) is 0 Å². The van der Waals surface area contributed by atoms with Gasteiger partial charge >= 0.3 is 0 Å². The number of piperidine rings is 1. The number of aryl methyl sites for hydroxylation is 1. The van der Waals surface area contributed by atoms with E-state index in [-0.39, 0.29) is 11.3 Å². The predicted molar refractivity (Wildman–Crippen MR) is 73.2 cm³/mol. The second kappa shape index (κ2) is 5.64. The molecule has 0 aliphatic carbocycles. The number of hydrogen-bond donors (Lipinski definition) is 2. The number of aromatic nitrogens is 1. The summed E-state index contributed by atoms with van der Waals surface area (Å²) in [5.74, 6) is 0. The van der Waals surface area contributed by atoms with Crippen LogP contribution in [0.5, 0.6) is 0 Å². The van der Waals surface area contributed by atoms with Crippen molar-refractivity contribution in [3.63, 3.8) is 0 Å². The van der Waals surface area contributed by atoms with Gasteiger partial charge in [0.05, 0.1) is 11.3 Å². The van der Waals surface area contributed by atoms with Gasteiger partial charge in [0.15, 0.2) is 0 Å². The molecule has 1 aliphatic heterocycles. The van der Waals surface area contributed by atoms with E-state index in [1.165, 1.54) is 11.3 Å². The Bertz CT molecular complexity index is 492. The number of nitrogens with zero attached hydrogens (tertiary/aromatic N) is 1. The van der Waals surface area contributed by atoms with Gasteiger partial charge in [-0.2, -0.15) is 0 Å². The summed E-state index contributed by atoms with van der Waals surface area (Å²) in [5.41, 5.74) is 0. The lowest BCUT2D eigenvalue weighted by atomic mass is 10.2. The highest BCUT2D eigenvalue weighted by atomic mass is 32.2. The minimum atomic E-state index is -3.24. The lowest BCUT2D eigenvalue weighted by molar-refractivity contribution is 0.484. The van der Waals surface area contributed by atoms with Crippen molar-refractivity contribution in [3.05, 3.63) is 16.1 Å². The molecule has 5 nitrogen and oxygen atoms in total. The first kappa shape index (κ1) is 13.9. The fourth-order valence-corrected chi connectivity index (χ4v) is 4.58. The largest absolute Gasteiger partial charge is 0.317 e. The molecule has 1 unspecified atom stereocenters. The van der Waals surface area contributed by atoms with Crippen molar-refractivity contribution in [2.45, 2.75) is 38.0 Å². The van der Waals surface area contributed by atoms with Crippen molar-refractivity contribution in [2.24, 2.45) is 0 Å². The molecule has 0 bridgehead atoms. The van der Waals surface area contributed by atoms with Gasteiger partial charge in [0.2, 0.25) is 10.0 Å². The lowest BCUT2D eigenvalue weighted by Crippen LogP contribution is -2.42. The monoisotopic (exact) mass is 289 g/mol. The lowest BCUT2D eigenvalue weighted by Gasteiger charge is -2.24. The smallest absolute Gasteiger partial charge is 0.215 e. The minimum Gasteiger partial charge on any atom is -0.317 e.